The lowest BCUT2D eigenvalue weighted by atomic mass is 10.2. The van der Waals surface area contributed by atoms with E-state index in [1.54, 1.807) is 18.3 Å². The molecule has 0 saturated heterocycles. The van der Waals surface area contributed by atoms with Crippen molar-refractivity contribution in [3.05, 3.63) is 58.1 Å². The number of para-hydroxylation sites is 1. The SMILES string of the molecule is Cc1cc(=O)cc(C)n1-c1cccc2cn[nH]c12. The van der Waals surface area contributed by atoms with Gasteiger partial charge in [-0.15, -0.1) is 0 Å². The Morgan fingerprint density at radius 3 is 2.61 bits per heavy atom. The van der Waals surface area contributed by atoms with Gasteiger partial charge in [0.2, 0.25) is 0 Å². The fourth-order valence-electron chi connectivity index (χ4n) is 2.38. The molecule has 90 valence electrons. The second kappa shape index (κ2) is 3.84. The van der Waals surface area contributed by atoms with E-state index in [0.29, 0.717) is 0 Å². The Morgan fingerprint density at radius 1 is 1.17 bits per heavy atom. The molecule has 3 rings (SSSR count). The van der Waals surface area contributed by atoms with Crippen LogP contribution in [0.4, 0.5) is 0 Å². The van der Waals surface area contributed by atoms with Crippen LogP contribution in [0.2, 0.25) is 0 Å². The summed E-state index contributed by atoms with van der Waals surface area (Å²) in [5.41, 5.74) is 3.87. The van der Waals surface area contributed by atoms with Crippen molar-refractivity contribution in [1.29, 1.82) is 0 Å². The van der Waals surface area contributed by atoms with Crippen LogP contribution in [0.15, 0.2) is 41.3 Å². The molecule has 0 amide bonds. The van der Waals surface area contributed by atoms with E-state index in [1.807, 2.05) is 32.0 Å². The van der Waals surface area contributed by atoms with Gasteiger partial charge in [-0.05, 0) is 19.9 Å². The number of pyridine rings is 1. The van der Waals surface area contributed by atoms with E-state index in [1.165, 1.54) is 0 Å². The first kappa shape index (κ1) is 10.8. The molecule has 0 spiro atoms. The largest absolute Gasteiger partial charge is 0.316 e. The number of aromatic nitrogens is 3. The van der Waals surface area contributed by atoms with E-state index in [-0.39, 0.29) is 5.43 Å². The first-order valence-corrected chi connectivity index (χ1v) is 5.79. The predicted octanol–water partition coefficient (Wildman–Crippen LogP) is 2.33. The minimum Gasteiger partial charge on any atom is -0.316 e. The molecule has 0 radical (unpaired) electrons. The maximum atomic E-state index is 11.5. The van der Waals surface area contributed by atoms with E-state index in [9.17, 15) is 4.79 Å². The molecule has 0 bridgehead atoms. The fraction of sp³-hybridized carbons (Fsp3) is 0.143. The van der Waals surface area contributed by atoms with Crippen LogP contribution >= 0.6 is 0 Å². The normalized spacial score (nSPS) is 11.0. The van der Waals surface area contributed by atoms with E-state index in [2.05, 4.69) is 14.8 Å². The highest BCUT2D eigenvalue weighted by atomic mass is 16.1. The van der Waals surface area contributed by atoms with Gasteiger partial charge < -0.3 is 4.57 Å². The predicted molar refractivity (Wildman–Crippen MR) is 71.2 cm³/mol. The van der Waals surface area contributed by atoms with Gasteiger partial charge in [-0.3, -0.25) is 9.89 Å². The Labute approximate surface area is 104 Å². The Hall–Kier alpha value is -2.36. The molecule has 4 nitrogen and oxygen atoms in total. The molecule has 0 aliphatic rings. The van der Waals surface area contributed by atoms with E-state index >= 15 is 0 Å². The van der Waals surface area contributed by atoms with Crippen LogP contribution < -0.4 is 5.43 Å². The number of nitrogens with one attached hydrogen (secondary N) is 1. The lowest BCUT2D eigenvalue weighted by Gasteiger charge is -2.14. The minimum atomic E-state index is 0.0398. The molecule has 1 aromatic carbocycles. The first-order valence-electron chi connectivity index (χ1n) is 5.79. The zero-order valence-corrected chi connectivity index (χ0v) is 10.3. The number of aryl methyl sites for hydroxylation is 2. The number of benzene rings is 1. The molecule has 1 N–H and O–H groups in total. The lowest BCUT2D eigenvalue weighted by molar-refractivity contribution is 0.924. The van der Waals surface area contributed by atoms with Crippen molar-refractivity contribution in [2.24, 2.45) is 0 Å². The number of hydrogen-bond acceptors (Lipinski definition) is 2. The smallest absolute Gasteiger partial charge is 0.182 e. The van der Waals surface area contributed by atoms with Crippen molar-refractivity contribution in [3.8, 4) is 5.69 Å². The summed E-state index contributed by atoms with van der Waals surface area (Å²) in [6.07, 6.45) is 1.80. The summed E-state index contributed by atoms with van der Waals surface area (Å²) in [5.74, 6) is 0. The van der Waals surface area contributed by atoms with Gasteiger partial charge in [0.25, 0.3) is 0 Å². The van der Waals surface area contributed by atoms with Crippen molar-refractivity contribution in [3.63, 3.8) is 0 Å². The third kappa shape index (κ3) is 1.54. The molecule has 0 aliphatic heterocycles. The van der Waals surface area contributed by atoms with Gasteiger partial charge in [0.05, 0.1) is 17.4 Å². The Balaban J connectivity index is 2.40. The van der Waals surface area contributed by atoms with Crippen molar-refractivity contribution in [2.45, 2.75) is 13.8 Å². The second-order valence-electron chi connectivity index (χ2n) is 4.42. The van der Waals surface area contributed by atoms with Crippen molar-refractivity contribution >= 4 is 10.9 Å². The Kier molecular flexibility index (Phi) is 2.30. The van der Waals surface area contributed by atoms with Gasteiger partial charge in [-0.2, -0.15) is 5.10 Å². The van der Waals surface area contributed by atoms with Crippen LogP contribution in [0.3, 0.4) is 0 Å². The molecular weight excluding hydrogens is 226 g/mol. The minimum absolute atomic E-state index is 0.0398. The van der Waals surface area contributed by atoms with Crippen LogP contribution in [-0.4, -0.2) is 14.8 Å². The molecule has 0 unspecified atom stereocenters. The van der Waals surface area contributed by atoms with Crippen LogP contribution in [0.5, 0.6) is 0 Å². The maximum Gasteiger partial charge on any atom is 0.182 e. The summed E-state index contributed by atoms with van der Waals surface area (Å²) >= 11 is 0. The highest BCUT2D eigenvalue weighted by Crippen LogP contribution is 2.21. The van der Waals surface area contributed by atoms with Gasteiger partial charge >= 0.3 is 0 Å². The molecule has 2 heterocycles. The summed E-state index contributed by atoms with van der Waals surface area (Å²) in [6.45, 7) is 3.87. The molecule has 0 fully saturated rings. The summed E-state index contributed by atoms with van der Waals surface area (Å²) in [4.78, 5) is 11.5. The summed E-state index contributed by atoms with van der Waals surface area (Å²) in [7, 11) is 0. The second-order valence-corrected chi connectivity index (χ2v) is 4.42. The molecule has 4 heteroatoms. The highest BCUT2D eigenvalue weighted by molar-refractivity contribution is 5.86. The number of H-pyrrole nitrogens is 1. The van der Waals surface area contributed by atoms with Gasteiger partial charge in [0.15, 0.2) is 5.43 Å². The molecule has 2 aromatic heterocycles. The highest BCUT2D eigenvalue weighted by Gasteiger charge is 2.08. The van der Waals surface area contributed by atoms with Crippen LogP contribution in [0, 0.1) is 13.8 Å². The Bertz CT molecular complexity index is 757. The number of fused-ring (bicyclic) bond motifs is 1. The number of aromatic amines is 1. The molecule has 18 heavy (non-hydrogen) atoms. The molecule has 0 atom stereocenters. The zero-order valence-electron chi connectivity index (χ0n) is 10.3. The van der Waals surface area contributed by atoms with Crippen molar-refractivity contribution in [1.82, 2.24) is 14.8 Å². The first-order chi connectivity index (χ1) is 8.66. The van der Waals surface area contributed by atoms with E-state index in [4.69, 9.17) is 0 Å². The van der Waals surface area contributed by atoms with Crippen LogP contribution in [0.25, 0.3) is 16.6 Å². The van der Waals surface area contributed by atoms with Crippen molar-refractivity contribution < 1.29 is 0 Å². The maximum absolute atomic E-state index is 11.5. The van der Waals surface area contributed by atoms with Crippen LogP contribution in [-0.2, 0) is 0 Å². The van der Waals surface area contributed by atoms with Gasteiger partial charge in [-0.25, -0.2) is 0 Å². The average molecular weight is 239 g/mol. The summed E-state index contributed by atoms with van der Waals surface area (Å²) in [6, 6.07) is 9.30. The summed E-state index contributed by atoms with van der Waals surface area (Å²) in [5, 5.41) is 8.13. The third-order valence-electron chi connectivity index (χ3n) is 3.10. The van der Waals surface area contributed by atoms with Gasteiger partial charge in [0.1, 0.15) is 0 Å². The monoisotopic (exact) mass is 239 g/mol. The lowest BCUT2D eigenvalue weighted by Crippen LogP contribution is -2.11. The number of hydrogen-bond donors (Lipinski definition) is 1. The summed E-state index contributed by atoms with van der Waals surface area (Å²) < 4.78 is 2.06. The molecule has 3 aromatic rings. The average Bonchev–Trinajstić information content (AvgIpc) is 2.76. The molecule has 0 saturated carbocycles. The van der Waals surface area contributed by atoms with Gasteiger partial charge in [0, 0.05) is 28.9 Å². The zero-order chi connectivity index (χ0) is 12.7. The fourth-order valence-corrected chi connectivity index (χ4v) is 2.38. The molecular formula is C14H13N3O. The molecule has 0 aliphatic carbocycles. The third-order valence-corrected chi connectivity index (χ3v) is 3.10. The van der Waals surface area contributed by atoms with Gasteiger partial charge in [-0.1, -0.05) is 12.1 Å². The van der Waals surface area contributed by atoms with Crippen molar-refractivity contribution in [2.75, 3.05) is 0 Å². The van der Waals surface area contributed by atoms with E-state index < -0.39 is 0 Å². The van der Waals surface area contributed by atoms with Crippen LogP contribution in [0.1, 0.15) is 11.4 Å². The quantitative estimate of drug-likeness (QED) is 0.708. The number of nitrogens with zero attached hydrogens (tertiary/aromatic N) is 2. The standard InChI is InChI=1S/C14H13N3O/c1-9-6-12(18)7-10(2)17(9)13-5-3-4-11-8-15-16-14(11)13/h3-8H,1-2H3,(H,15,16). The number of rotatable bonds is 1. The Morgan fingerprint density at radius 2 is 1.89 bits per heavy atom. The van der Waals surface area contributed by atoms with E-state index in [0.717, 1.165) is 28.0 Å². The topological polar surface area (TPSA) is 50.7 Å².